The van der Waals surface area contributed by atoms with E-state index in [-0.39, 0.29) is 24.1 Å². The molecule has 0 bridgehead atoms. The number of anilines is 1. The molecule has 2 saturated heterocycles. The number of hydrogen-bond acceptors (Lipinski definition) is 5. The Balaban J connectivity index is 1.46. The van der Waals surface area contributed by atoms with Crippen molar-refractivity contribution >= 4 is 11.6 Å². The van der Waals surface area contributed by atoms with Crippen LogP contribution in [-0.4, -0.2) is 76.0 Å². The van der Waals surface area contributed by atoms with Crippen molar-refractivity contribution in [3.8, 4) is 0 Å². The summed E-state index contributed by atoms with van der Waals surface area (Å²) in [6, 6.07) is 8.35. The van der Waals surface area contributed by atoms with Gasteiger partial charge in [-0.15, -0.1) is 0 Å². The highest BCUT2D eigenvalue weighted by Gasteiger charge is 2.55. The number of likely N-dealkylation sites (N-methyl/N-ethyl adjacent to an activating group) is 1. The third kappa shape index (κ3) is 3.14. The Labute approximate surface area is 149 Å². The normalized spacial score (nSPS) is 31.6. The highest BCUT2D eigenvalue weighted by Crippen LogP contribution is 2.41. The minimum atomic E-state index is 0.0114. The van der Waals surface area contributed by atoms with E-state index in [1.165, 1.54) is 0 Å². The number of fused-ring (bicyclic) bond motifs is 1. The zero-order valence-electron chi connectivity index (χ0n) is 15.0. The number of carbonyl (C=O) groups excluding carboxylic acids is 1. The molecule has 6 heteroatoms. The van der Waals surface area contributed by atoms with Gasteiger partial charge >= 0.3 is 0 Å². The van der Waals surface area contributed by atoms with Gasteiger partial charge in [0.05, 0.1) is 31.4 Å². The first kappa shape index (κ1) is 16.8. The van der Waals surface area contributed by atoms with Crippen molar-refractivity contribution in [3.05, 3.63) is 29.8 Å². The summed E-state index contributed by atoms with van der Waals surface area (Å²) in [5.74, 6) is 0.455. The van der Waals surface area contributed by atoms with Gasteiger partial charge in [-0.25, -0.2) is 0 Å². The van der Waals surface area contributed by atoms with Crippen molar-refractivity contribution in [2.75, 3.05) is 51.9 Å². The van der Waals surface area contributed by atoms with Crippen molar-refractivity contribution in [2.45, 2.75) is 24.6 Å². The molecule has 0 unspecified atom stereocenters. The van der Waals surface area contributed by atoms with Crippen LogP contribution in [0.4, 0.5) is 5.69 Å². The summed E-state index contributed by atoms with van der Waals surface area (Å²) in [4.78, 5) is 17.3. The van der Waals surface area contributed by atoms with E-state index in [0.717, 1.165) is 50.6 Å². The number of amides is 1. The summed E-state index contributed by atoms with van der Waals surface area (Å²) in [7, 11) is 4.11. The van der Waals surface area contributed by atoms with Gasteiger partial charge in [0, 0.05) is 36.9 Å². The predicted molar refractivity (Wildman–Crippen MR) is 96.1 cm³/mol. The summed E-state index contributed by atoms with van der Waals surface area (Å²) >= 11 is 0. The van der Waals surface area contributed by atoms with Crippen molar-refractivity contribution < 1.29 is 14.3 Å². The molecule has 2 heterocycles. The van der Waals surface area contributed by atoms with Crippen LogP contribution < -0.4 is 10.2 Å². The quantitative estimate of drug-likeness (QED) is 0.881. The van der Waals surface area contributed by atoms with Crippen LogP contribution >= 0.6 is 0 Å². The standard InChI is InChI=1S/C19H27N3O3/c1-21(2)17-16(15-6-9-25-18(15)17)20-19(23)13-4-3-5-14(12-13)22-7-10-24-11-8-22/h3-5,12,15-18H,6-11H2,1-2H3,(H,20,23)/t15-,16+,17-,18-/m1/s1. The minimum Gasteiger partial charge on any atom is -0.378 e. The fraction of sp³-hybridized carbons (Fsp3) is 0.632. The molecular formula is C19H27N3O3. The van der Waals surface area contributed by atoms with Crippen LogP contribution in [0.5, 0.6) is 0 Å². The Morgan fingerprint density at radius 2 is 2.04 bits per heavy atom. The second-order valence-corrected chi connectivity index (χ2v) is 7.39. The molecule has 4 atom stereocenters. The van der Waals surface area contributed by atoms with E-state index in [1.807, 2.05) is 18.2 Å². The number of rotatable bonds is 4. The monoisotopic (exact) mass is 345 g/mol. The van der Waals surface area contributed by atoms with Gasteiger partial charge in [0.1, 0.15) is 0 Å². The molecule has 1 aromatic carbocycles. The first-order chi connectivity index (χ1) is 12.1. The van der Waals surface area contributed by atoms with Gasteiger partial charge < -0.3 is 24.6 Å². The number of hydrogen-bond donors (Lipinski definition) is 1. The minimum absolute atomic E-state index is 0.0114. The lowest BCUT2D eigenvalue weighted by atomic mass is 9.71. The van der Waals surface area contributed by atoms with Crippen molar-refractivity contribution in [2.24, 2.45) is 5.92 Å². The van der Waals surface area contributed by atoms with Gasteiger partial charge in [0.2, 0.25) is 0 Å². The summed E-state index contributed by atoms with van der Waals surface area (Å²) in [5, 5.41) is 3.26. The first-order valence-corrected chi connectivity index (χ1v) is 9.17. The lowest BCUT2D eigenvalue weighted by Crippen LogP contribution is -2.69. The molecule has 0 radical (unpaired) electrons. The summed E-state index contributed by atoms with van der Waals surface area (Å²) in [6.45, 7) is 4.03. The van der Waals surface area contributed by atoms with Crippen LogP contribution in [0.25, 0.3) is 0 Å². The maximum absolute atomic E-state index is 12.8. The number of ether oxygens (including phenoxy) is 2. The van der Waals surface area contributed by atoms with Gasteiger partial charge in [-0.2, -0.15) is 0 Å². The lowest BCUT2D eigenvalue weighted by Gasteiger charge is -2.50. The average molecular weight is 345 g/mol. The second kappa shape index (κ2) is 6.94. The van der Waals surface area contributed by atoms with Crippen molar-refractivity contribution in [3.63, 3.8) is 0 Å². The topological polar surface area (TPSA) is 54.0 Å². The van der Waals surface area contributed by atoms with Crippen LogP contribution in [-0.2, 0) is 9.47 Å². The fourth-order valence-electron chi connectivity index (χ4n) is 4.38. The number of morpholine rings is 1. The van der Waals surface area contributed by atoms with Crippen molar-refractivity contribution in [1.29, 1.82) is 0 Å². The van der Waals surface area contributed by atoms with Crippen LogP contribution in [0.1, 0.15) is 16.8 Å². The SMILES string of the molecule is CN(C)[C@@H]1[C@@H](NC(=O)c2cccc(N3CCOCC3)c2)[C@H]2CCO[C@H]21. The van der Waals surface area contributed by atoms with Gasteiger partial charge in [0.25, 0.3) is 5.91 Å². The lowest BCUT2D eigenvalue weighted by molar-refractivity contribution is -0.0664. The molecule has 1 amide bonds. The molecule has 6 nitrogen and oxygen atoms in total. The number of benzene rings is 1. The van der Waals surface area contributed by atoms with E-state index >= 15 is 0 Å². The maximum Gasteiger partial charge on any atom is 0.251 e. The van der Waals surface area contributed by atoms with Crippen LogP contribution in [0.2, 0.25) is 0 Å². The molecule has 25 heavy (non-hydrogen) atoms. The van der Waals surface area contributed by atoms with E-state index in [2.05, 4.69) is 35.3 Å². The van der Waals surface area contributed by atoms with E-state index in [0.29, 0.717) is 5.92 Å². The van der Waals surface area contributed by atoms with Crippen LogP contribution in [0, 0.1) is 5.92 Å². The Kier molecular flexibility index (Phi) is 4.67. The molecule has 136 valence electrons. The zero-order valence-corrected chi connectivity index (χ0v) is 15.0. The number of nitrogens with one attached hydrogen (secondary N) is 1. The molecule has 1 aliphatic carbocycles. The molecule has 4 rings (SSSR count). The van der Waals surface area contributed by atoms with Gasteiger partial charge in [-0.3, -0.25) is 4.79 Å². The highest BCUT2D eigenvalue weighted by atomic mass is 16.5. The fourth-order valence-corrected chi connectivity index (χ4v) is 4.38. The van der Waals surface area contributed by atoms with Gasteiger partial charge in [0.15, 0.2) is 0 Å². The molecule has 0 aromatic heterocycles. The van der Waals surface area contributed by atoms with Crippen molar-refractivity contribution in [1.82, 2.24) is 10.2 Å². The average Bonchev–Trinajstić information content (AvgIpc) is 3.03. The van der Waals surface area contributed by atoms with Gasteiger partial charge in [-0.1, -0.05) is 6.07 Å². The largest absolute Gasteiger partial charge is 0.378 e. The zero-order chi connectivity index (χ0) is 17.4. The van der Waals surface area contributed by atoms with Gasteiger partial charge in [-0.05, 0) is 38.7 Å². The summed E-state index contributed by atoms with van der Waals surface area (Å²) in [5.41, 5.74) is 1.82. The highest BCUT2D eigenvalue weighted by molar-refractivity contribution is 5.95. The molecule has 3 fully saturated rings. The van der Waals surface area contributed by atoms with E-state index < -0.39 is 0 Å². The Morgan fingerprint density at radius 3 is 2.80 bits per heavy atom. The molecule has 3 aliphatic rings. The number of carbonyl (C=O) groups is 1. The first-order valence-electron chi connectivity index (χ1n) is 9.17. The van der Waals surface area contributed by atoms with E-state index in [4.69, 9.17) is 9.47 Å². The predicted octanol–water partition coefficient (Wildman–Crippen LogP) is 0.970. The molecule has 1 saturated carbocycles. The summed E-state index contributed by atoms with van der Waals surface area (Å²) in [6.07, 6.45) is 1.30. The maximum atomic E-state index is 12.8. The third-order valence-electron chi connectivity index (χ3n) is 5.73. The second-order valence-electron chi connectivity index (χ2n) is 7.39. The molecule has 2 aliphatic heterocycles. The Morgan fingerprint density at radius 1 is 1.24 bits per heavy atom. The van der Waals surface area contributed by atoms with Crippen LogP contribution in [0.15, 0.2) is 24.3 Å². The summed E-state index contributed by atoms with van der Waals surface area (Å²) < 4.78 is 11.2. The molecule has 0 spiro atoms. The van der Waals surface area contributed by atoms with E-state index in [1.54, 1.807) is 0 Å². The van der Waals surface area contributed by atoms with Crippen LogP contribution in [0.3, 0.4) is 0 Å². The smallest absolute Gasteiger partial charge is 0.251 e. The molecule has 1 aromatic rings. The molecule has 1 N–H and O–H groups in total. The number of nitrogens with zero attached hydrogens (tertiary/aromatic N) is 2. The van der Waals surface area contributed by atoms with E-state index in [9.17, 15) is 4.79 Å². The third-order valence-corrected chi connectivity index (χ3v) is 5.73. The molecular weight excluding hydrogens is 318 g/mol. The Bertz CT molecular complexity index is 630. The Hall–Kier alpha value is -1.63.